The topological polar surface area (TPSA) is 18.5 Å². The first kappa shape index (κ1) is 15.9. The molecule has 0 aliphatic carbocycles. The van der Waals surface area contributed by atoms with Crippen LogP contribution in [0.15, 0.2) is 0 Å². The van der Waals surface area contributed by atoms with Gasteiger partial charge in [-0.25, -0.2) is 0 Å². The van der Waals surface area contributed by atoms with Crippen molar-refractivity contribution in [1.29, 1.82) is 0 Å². The SMILES string of the molecule is Br.Br.COCCOC. The quantitative estimate of drug-likeness (QED) is 0.707. The van der Waals surface area contributed by atoms with Gasteiger partial charge >= 0.3 is 0 Å². The summed E-state index contributed by atoms with van der Waals surface area (Å²) < 4.78 is 9.31. The van der Waals surface area contributed by atoms with Crippen LogP contribution in [0.2, 0.25) is 0 Å². The number of ether oxygens (including phenoxy) is 2. The second kappa shape index (κ2) is 15.7. The molecule has 8 heavy (non-hydrogen) atoms. The van der Waals surface area contributed by atoms with Crippen molar-refractivity contribution in [2.75, 3.05) is 27.4 Å². The van der Waals surface area contributed by atoms with Gasteiger partial charge in [0.15, 0.2) is 0 Å². The van der Waals surface area contributed by atoms with Crippen LogP contribution in [-0.2, 0) is 9.47 Å². The summed E-state index contributed by atoms with van der Waals surface area (Å²) in [6.07, 6.45) is 0. The Morgan fingerprint density at radius 3 is 1.25 bits per heavy atom. The van der Waals surface area contributed by atoms with Gasteiger partial charge in [-0.3, -0.25) is 0 Å². The van der Waals surface area contributed by atoms with Crippen LogP contribution in [0.1, 0.15) is 0 Å². The largest absolute Gasteiger partial charge is 0.382 e. The van der Waals surface area contributed by atoms with Crippen LogP contribution in [0.3, 0.4) is 0 Å². The summed E-state index contributed by atoms with van der Waals surface area (Å²) in [4.78, 5) is 0. The van der Waals surface area contributed by atoms with Gasteiger partial charge in [-0.2, -0.15) is 0 Å². The Morgan fingerprint density at radius 2 is 1.12 bits per heavy atom. The highest BCUT2D eigenvalue weighted by atomic mass is 79.9. The van der Waals surface area contributed by atoms with E-state index in [4.69, 9.17) is 0 Å². The Bertz CT molecular complexity index is 24.0. The summed E-state index contributed by atoms with van der Waals surface area (Å²) in [5, 5.41) is 0. The van der Waals surface area contributed by atoms with Gasteiger partial charge in [0, 0.05) is 14.2 Å². The molecule has 0 radical (unpaired) electrons. The molecule has 0 aliphatic heterocycles. The zero-order valence-electron chi connectivity index (χ0n) is 5.05. The highest BCUT2D eigenvalue weighted by Gasteiger charge is 1.73. The first-order valence-electron chi connectivity index (χ1n) is 1.89. The highest BCUT2D eigenvalue weighted by molar-refractivity contribution is 8.93. The minimum atomic E-state index is 0. The first-order chi connectivity index (χ1) is 2.91. The van der Waals surface area contributed by atoms with Crippen molar-refractivity contribution in [3.63, 3.8) is 0 Å². The molecule has 4 heteroatoms. The predicted molar refractivity (Wildman–Crippen MR) is 44.4 cm³/mol. The number of hydrogen-bond acceptors (Lipinski definition) is 2. The van der Waals surface area contributed by atoms with Crippen LogP contribution < -0.4 is 0 Å². The van der Waals surface area contributed by atoms with E-state index in [1.807, 2.05) is 0 Å². The molecule has 0 spiro atoms. The fraction of sp³-hybridized carbons (Fsp3) is 1.00. The zero-order chi connectivity index (χ0) is 4.83. The molecule has 0 rings (SSSR count). The minimum absolute atomic E-state index is 0. The fourth-order valence-electron chi connectivity index (χ4n) is 0.167. The summed E-state index contributed by atoms with van der Waals surface area (Å²) in [7, 11) is 3.30. The number of rotatable bonds is 3. The van der Waals surface area contributed by atoms with Gasteiger partial charge < -0.3 is 9.47 Å². The van der Waals surface area contributed by atoms with Gasteiger partial charge in [0.1, 0.15) is 0 Å². The van der Waals surface area contributed by atoms with Crippen molar-refractivity contribution < 1.29 is 9.47 Å². The molecule has 0 saturated heterocycles. The maximum atomic E-state index is 4.66. The Morgan fingerprint density at radius 1 is 0.875 bits per heavy atom. The molecule has 0 atom stereocenters. The van der Waals surface area contributed by atoms with Crippen molar-refractivity contribution >= 4 is 34.0 Å². The second-order valence-electron chi connectivity index (χ2n) is 0.986. The molecule has 0 aliphatic rings. The monoisotopic (exact) mass is 250 g/mol. The van der Waals surface area contributed by atoms with Crippen LogP contribution in [0, 0.1) is 0 Å². The van der Waals surface area contributed by atoms with Crippen LogP contribution in [0.5, 0.6) is 0 Å². The molecule has 0 amide bonds. The van der Waals surface area contributed by atoms with Gasteiger partial charge in [0.25, 0.3) is 0 Å². The Balaban J connectivity index is -0.000000125. The average Bonchev–Trinajstić information content (AvgIpc) is 1.61. The molecular formula is C4H12Br2O2. The lowest BCUT2D eigenvalue weighted by molar-refractivity contribution is 0.103. The summed E-state index contributed by atoms with van der Waals surface area (Å²) in [6, 6.07) is 0. The number of hydrogen-bond donors (Lipinski definition) is 0. The summed E-state index contributed by atoms with van der Waals surface area (Å²) in [5.41, 5.74) is 0. The van der Waals surface area contributed by atoms with Crippen molar-refractivity contribution in [2.45, 2.75) is 0 Å². The van der Waals surface area contributed by atoms with E-state index in [-0.39, 0.29) is 34.0 Å². The van der Waals surface area contributed by atoms with Crippen LogP contribution in [-0.4, -0.2) is 27.4 Å². The van der Waals surface area contributed by atoms with Crippen LogP contribution >= 0.6 is 34.0 Å². The highest BCUT2D eigenvalue weighted by Crippen LogP contribution is 1.65. The lowest BCUT2D eigenvalue weighted by atomic mass is 10.8. The predicted octanol–water partition coefficient (Wildman–Crippen LogP) is 1.43. The molecule has 54 valence electrons. The lowest BCUT2D eigenvalue weighted by Gasteiger charge is -1.91. The maximum absolute atomic E-state index is 4.66. The third-order valence-electron chi connectivity index (χ3n) is 0.492. The molecule has 2 nitrogen and oxygen atoms in total. The van der Waals surface area contributed by atoms with E-state index in [1.165, 1.54) is 0 Å². The summed E-state index contributed by atoms with van der Waals surface area (Å²) in [6.45, 7) is 1.38. The second-order valence-corrected chi connectivity index (χ2v) is 0.986. The Kier molecular flexibility index (Phi) is 31.2. The van der Waals surface area contributed by atoms with Crippen molar-refractivity contribution in [1.82, 2.24) is 0 Å². The Hall–Kier alpha value is 0.880. The smallest absolute Gasteiger partial charge is 0.0696 e. The van der Waals surface area contributed by atoms with E-state index in [9.17, 15) is 0 Å². The van der Waals surface area contributed by atoms with E-state index < -0.39 is 0 Å². The molecule has 0 aromatic rings. The van der Waals surface area contributed by atoms with Crippen LogP contribution in [0.4, 0.5) is 0 Å². The van der Waals surface area contributed by atoms with Gasteiger partial charge in [-0.15, -0.1) is 34.0 Å². The minimum Gasteiger partial charge on any atom is -0.382 e. The molecule has 0 bridgehead atoms. The van der Waals surface area contributed by atoms with Gasteiger partial charge in [0.05, 0.1) is 13.2 Å². The normalized spacial score (nSPS) is 6.75. The molecule has 0 aromatic heterocycles. The molecule has 0 aromatic carbocycles. The third-order valence-corrected chi connectivity index (χ3v) is 0.492. The maximum Gasteiger partial charge on any atom is 0.0696 e. The summed E-state index contributed by atoms with van der Waals surface area (Å²) in [5.74, 6) is 0. The molecule has 0 N–H and O–H groups in total. The fourth-order valence-corrected chi connectivity index (χ4v) is 0.167. The van der Waals surface area contributed by atoms with Gasteiger partial charge in [-0.1, -0.05) is 0 Å². The molecular weight excluding hydrogens is 240 g/mol. The van der Waals surface area contributed by atoms with E-state index >= 15 is 0 Å². The van der Waals surface area contributed by atoms with Crippen molar-refractivity contribution in [3.8, 4) is 0 Å². The van der Waals surface area contributed by atoms with Gasteiger partial charge in [0.2, 0.25) is 0 Å². The zero-order valence-corrected chi connectivity index (χ0v) is 8.47. The molecule has 0 heterocycles. The summed E-state index contributed by atoms with van der Waals surface area (Å²) >= 11 is 0. The van der Waals surface area contributed by atoms with E-state index in [0.717, 1.165) is 0 Å². The lowest BCUT2D eigenvalue weighted by Crippen LogP contribution is -1.96. The molecule has 0 fully saturated rings. The third kappa shape index (κ3) is 15.8. The number of methoxy groups -OCH3 is 2. The van der Waals surface area contributed by atoms with Crippen LogP contribution in [0.25, 0.3) is 0 Å². The first-order valence-corrected chi connectivity index (χ1v) is 1.89. The van der Waals surface area contributed by atoms with E-state index in [0.29, 0.717) is 13.2 Å². The molecule has 0 saturated carbocycles. The molecule has 0 unspecified atom stereocenters. The van der Waals surface area contributed by atoms with Crippen molar-refractivity contribution in [3.05, 3.63) is 0 Å². The Labute approximate surface area is 71.1 Å². The number of halogens is 2. The van der Waals surface area contributed by atoms with E-state index in [2.05, 4.69) is 9.47 Å². The van der Waals surface area contributed by atoms with Crippen molar-refractivity contribution in [2.24, 2.45) is 0 Å². The average molecular weight is 252 g/mol. The van der Waals surface area contributed by atoms with E-state index in [1.54, 1.807) is 14.2 Å². The van der Waals surface area contributed by atoms with Gasteiger partial charge in [-0.05, 0) is 0 Å². The standard InChI is InChI=1S/C4H10O2.2BrH/c1-5-3-4-6-2;;/h3-4H2,1-2H3;2*1H.